The van der Waals surface area contributed by atoms with Gasteiger partial charge >= 0.3 is 6.09 Å². The number of anilines is 1. The van der Waals surface area contributed by atoms with Crippen molar-refractivity contribution >= 4 is 12.0 Å². The SMILES string of the molecule is CC(C)(C)OC(=O)N(c1ncc(O)cn1)[C@@H]1CC2CNCC1C2. The molecule has 3 atom stereocenters. The van der Waals surface area contributed by atoms with Gasteiger partial charge in [-0.1, -0.05) is 0 Å². The molecular weight excluding hydrogens is 296 g/mol. The minimum Gasteiger partial charge on any atom is -0.505 e. The molecule has 1 saturated heterocycles. The molecule has 2 bridgehead atoms. The number of piperidine rings is 1. The molecule has 2 heterocycles. The maximum absolute atomic E-state index is 12.8. The summed E-state index contributed by atoms with van der Waals surface area (Å²) in [5, 5.41) is 12.8. The summed E-state index contributed by atoms with van der Waals surface area (Å²) in [6.07, 6.45) is 4.20. The van der Waals surface area contributed by atoms with Crippen LogP contribution in [0.5, 0.6) is 5.75 Å². The van der Waals surface area contributed by atoms with Crippen molar-refractivity contribution in [2.24, 2.45) is 11.8 Å². The fourth-order valence-electron chi connectivity index (χ4n) is 3.51. The van der Waals surface area contributed by atoms with Gasteiger partial charge in [0.1, 0.15) is 5.60 Å². The van der Waals surface area contributed by atoms with E-state index in [0.717, 1.165) is 25.9 Å². The second-order valence-electron chi connectivity index (χ2n) is 7.41. The second-order valence-corrected chi connectivity index (χ2v) is 7.41. The van der Waals surface area contributed by atoms with Gasteiger partial charge < -0.3 is 15.2 Å². The summed E-state index contributed by atoms with van der Waals surface area (Å²) < 4.78 is 5.57. The lowest BCUT2D eigenvalue weighted by molar-refractivity contribution is 0.0555. The van der Waals surface area contributed by atoms with E-state index in [1.54, 1.807) is 4.90 Å². The lowest BCUT2D eigenvalue weighted by Gasteiger charge is -2.33. The molecule has 2 aliphatic rings. The van der Waals surface area contributed by atoms with Crippen LogP contribution in [0.1, 0.15) is 33.6 Å². The Morgan fingerprint density at radius 3 is 2.61 bits per heavy atom. The molecule has 1 amide bonds. The van der Waals surface area contributed by atoms with Crippen molar-refractivity contribution in [2.75, 3.05) is 18.0 Å². The van der Waals surface area contributed by atoms with E-state index in [2.05, 4.69) is 15.3 Å². The van der Waals surface area contributed by atoms with Gasteiger partial charge in [-0.15, -0.1) is 0 Å². The lowest BCUT2D eigenvalue weighted by atomic mass is 9.99. The molecule has 1 aliphatic carbocycles. The summed E-state index contributed by atoms with van der Waals surface area (Å²) in [5.41, 5.74) is -0.585. The predicted molar refractivity (Wildman–Crippen MR) is 85.3 cm³/mol. The molecule has 1 aromatic heterocycles. The maximum atomic E-state index is 12.8. The van der Waals surface area contributed by atoms with Crippen molar-refractivity contribution in [3.8, 4) is 5.75 Å². The zero-order chi connectivity index (χ0) is 16.6. The Kier molecular flexibility index (Phi) is 4.14. The molecular formula is C16H24N4O3. The normalized spacial score (nSPS) is 26.8. The Morgan fingerprint density at radius 1 is 1.30 bits per heavy atom. The Labute approximate surface area is 136 Å². The number of hydrogen-bond acceptors (Lipinski definition) is 6. The first-order valence-electron chi connectivity index (χ1n) is 8.07. The van der Waals surface area contributed by atoms with Crippen LogP contribution in [0, 0.1) is 11.8 Å². The largest absolute Gasteiger partial charge is 0.505 e. The van der Waals surface area contributed by atoms with E-state index in [4.69, 9.17) is 4.74 Å². The van der Waals surface area contributed by atoms with Gasteiger partial charge in [0.15, 0.2) is 5.75 Å². The van der Waals surface area contributed by atoms with E-state index in [1.807, 2.05) is 20.8 Å². The monoisotopic (exact) mass is 320 g/mol. The van der Waals surface area contributed by atoms with Crippen molar-refractivity contribution in [1.82, 2.24) is 15.3 Å². The Morgan fingerprint density at radius 2 is 2.00 bits per heavy atom. The van der Waals surface area contributed by atoms with Crippen molar-refractivity contribution in [1.29, 1.82) is 0 Å². The first-order valence-corrected chi connectivity index (χ1v) is 8.07. The van der Waals surface area contributed by atoms with Crippen LogP contribution in [0.2, 0.25) is 0 Å². The highest BCUT2D eigenvalue weighted by molar-refractivity contribution is 5.86. The third-order valence-electron chi connectivity index (χ3n) is 4.36. The highest BCUT2D eigenvalue weighted by atomic mass is 16.6. The highest BCUT2D eigenvalue weighted by Gasteiger charge is 2.44. The fraction of sp³-hybridized carbons (Fsp3) is 0.688. The summed E-state index contributed by atoms with van der Waals surface area (Å²) in [5.74, 6) is 1.21. The Balaban J connectivity index is 1.90. The molecule has 126 valence electrons. The van der Waals surface area contributed by atoms with Gasteiger partial charge in [0.25, 0.3) is 0 Å². The van der Waals surface area contributed by atoms with Crippen LogP contribution < -0.4 is 10.2 Å². The summed E-state index contributed by atoms with van der Waals surface area (Å²) in [6, 6.07) is 0.0226. The van der Waals surface area contributed by atoms with E-state index >= 15 is 0 Å². The maximum Gasteiger partial charge on any atom is 0.417 e. The van der Waals surface area contributed by atoms with Crippen LogP contribution in [-0.4, -0.2) is 45.9 Å². The zero-order valence-electron chi connectivity index (χ0n) is 13.8. The fourth-order valence-corrected chi connectivity index (χ4v) is 3.51. The van der Waals surface area contributed by atoms with Gasteiger partial charge in [-0.2, -0.15) is 0 Å². The van der Waals surface area contributed by atoms with Crippen molar-refractivity contribution in [3.63, 3.8) is 0 Å². The summed E-state index contributed by atoms with van der Waals surface area (Å²) >= 11 is 0. The molecule has 7 nitrogen and oxygen atoms in total. The summed E-state index contributed by atoms with van der Waals surface area (Å²) in [4.78, 5) is 22.6. The topological polar surface area (TPSA) is 87.6 Å². The van der Waals surface area contributed by atoms with E-state index in [0.29, 0.717) is 11.8 Å². The molecule has 2 fully saturated rings. The quantitative estimate of drug-likeness (QED) is 0.865. The lowest BCUT2D eigenvalue weighted by Crippen LogP contribution is -2.47. The molecule has 0 aromatic carbocycles. The number of aromatic nitrogens is 2. The average Bonchev–Trinajstić information content (AvgIpc) is 2.74. The molecule has 0 radical (unpaired) electrons. The van der Waals surface area contributed by atoms with Crippen LogP contribution >= 0.6 is 0 Å². The number of amides is 1. The number of ether oxygens (including phenoxy) is 1. The van der Waals surface area contributed by atoms with Crippen molar-refractivity contribution < 1.29 is 14.6 Å². The molecule has 1 aliphatic heterocycles. The number of nitrogens with zero attached hydrogens (tertiary/aromatic N) is 3. The number of hydrogen-bond donors (Lipinski definition) is 2. The van der Waals surface area contributed by atoms with Crippen molar-refractivity contribution in [3.05, 3.63) is 12.4 Å². The molecule has 23 heavy (non-hydrogen) atoms. The third-order valence-corrected chi connectivity index (χ3v) is 4.36. The molecule has 1 aromatic rings. The number of aromatic hydroxyl groups is 1. The number of rotatable bonds is 2. The first kappa shape index (κ1) is 16.0. The van der Waals surface area contributed by atoms with Gasteiger partial charge in [0.2, 0.25) is 5.95 Å². The van der Waals surface area contributed by atoms with Crippen LogP contribution in [0.4, 0.5) is 10.7 Å². The Hall–Kier alpha value is -1.89. The number of carbonyl (C=O) groups excluding carboxylic acids is 1. The minimum atomic E-state index is -0.585. The van der Waals surface area contributed by atoms with Gasteiger partial charge in [-0.25, -0.2) is 19.7 Å². The summed E-state index contributed by atoms with van der Waals surface area (Å²) in [6.45, 7) is 7.41. The van der Waals surface area contributed by atoms with E-state index in [9.17, 15) is 9.90 Å². The first-order chi connectivity index (χ1) is 10.8. The average molecular weight is 320 g/mol. The van der Waals surface area contributed by atoms with E-state index in [1.165, 1.54) is 12.4 Å². The number of carbonyl (C=O) groups is 1. The molecule has 7 heteroatoms. The highest BCUT2D eigenvalue weighted by Crippen LogP contribution is 2.38. The molecule has 1 saturated carbocycles. The van der Waals surface area contributed by atoms with E-state index in [-0.39, 0.29) is 17.7 Å². The molecule has 2 N–H and O–H groups in total. The molecule has 0 spiro atoms. The standard InChI is InChI=1S/C16H24N4O3/c1-16(2,3)23-15(22)20(14-18-8-12(21)9-19-14)13-5-10-4-11(13)7-17-6-10/h8-11,13,17,21H,4-7H2,1-3H3/t10?,11?,13-/m1/s1. The number of fused-ring (bicyclic) bond motifs is 2. The third kappa shape index (κ3) is 3.55. The smallest absolute Gasteiger partial charge is 0.417 e. The number of nitrogens with one attached hydrogen (secondary N) is 1. The summed E-state index contributed by atoms with van der Waals surface area (Å²) in [7, 11) is 0. The van der Waals surface area contributed by atoms with Crippen LogP contribution in [0.3, 0.4) is 0 Å². The molecule has 2 unspecified atom stereocenters. The van der Waals surface area contributed by atoms with Crippen LogP contribution in [0.15, 0.2) is 12.4 Å². The van der Waals surface area contributed by atoms with Gasteiger partial charge in [-0.3, -0.25) is 0 Å². The van der Waals surface area contributed by atoms with Gasteiger partial charge in [0, 0.05) is 6.04 Å². The van der Waals surface area contributed by atoms with E-state index < -0.39 is 11.7 Å². The van der Waals surface area contributed by atoms with Crippen LogP contribution in [-0.2, 0) is 4.74 Å². The minimum absolute atomic E-state index is 0.0226. The Bertz CT molecular complexity index is 570. The molecule has 3 rings (SSSR count). The second kappa shape index (κ2) is 5.96. The van der Waals surface area contributed by atoms with Gasteiger partial charge in [0.05, 0.1) is 12.4 Å². The van der Waals surface area contributed by atoms with Crippen LogP contribution in [0.25, 0.3) is 0 Å². The zero-order valence-corrected chi connectivity index (χ0v) is 13.8. The predicted octanol–water partition coefficient (Wildman–Crippen LogP) is 1.92. The van der Waals surface area contributed by atoms with Gasteiger partial charge in [-0.05, 0) is 58.5 Å². The van der Waals surface area contributed by atoms with Crippen molar-refractivity contribution in [2.45, 2.75) is 45.3 Å².